The Hall–Kier alpha value is -3.01. The average molecular weight is 360 g/mol. The lowest BCUT2D eigenvalue weighted by molar-refractivity contribution is -0.632. The first-order valence-corrected chi connectivity index (χ1v) is 9.53. The van der Waals surface area contributed by atoms with Crippen LogP contribution in [-0.4, -0.2) is 20.1 Å². The third-order valence-corrected chi connectivity index (χ3v) is 5.34. The highest BCUT2D eigenvalue weighted by atomic mass is 16.5. The average Bonchev–Trinajstić information content (AvgIpc) is 3.02. The van der Waals surface area contributed by atoms with E-state index in [1.807, 2.05) is 25.2 Å². The number of fused-ring (bicyclic) bond motifs is 2. The number of anilines is 2. The van der Waals surface area contributed by atoms with E-state index >= 15 is 0 Å². The van der Waals surface area contributed by atoms with Crippen LogP contribution in [0.5, 0.6) is 5.75 Å². The van der Waals surface area contributed by atoms with Crippen molar-refractivity contribution in [1.82, 2.24) is 0 Å². The molecule has 1 aliphatic rings. The summed E-state index contributed by atoms with van der Waals surface area (Å²) in [5.74, 6) is 2.96. The van der Waals surface area contributed by atoms with Gasteiger partial charge in [0.15, 0.2) is 5.75 Å². The molecule has 0 atom stereocenters. The number of rotatable bonds is 4. The first kappa shape index (κ1) is 17.4. The van der Waals surface area contributed by atoms with E-state index < -0.39 is 0 Å². The second-order valence-corrected chi connectivity index (χ2v) is 6.82. The van der Waals surface area contributed by atoms with Gasteiger partial charge in [-0.15, -0.1) is 0 Å². The van der Waals surface area contributed by atoms with Crippen LogP contribution in [0.2, 0.25) is 0 Å². The summed E-state index contributed by atoms with van der Waals surface area (Å²) >= 11 is 0. The molecule has 4 nitrogen and oxygen atoms in total. The minimum Gasteiger partial charge on any atom is -0.439 e. The fourth-order valence-electron chi connectivity index (χ4n) is 3.80. The second-order valence-electron chi connectivity index (χ2n) is 6.82. The van der Waals surface area contributed by atoms with Gasteiger partial charge in [-0.3, -0.25) is 4.90 Å². The topological polar surface area (TPSA) is 19.6 Å². The molecule has 3 aromatic rings. The summed E-state index contributed by atoms with van der Waals surface area (Å²) in [6.07, 6.45) is 2.15. The fraction of sp³-hybridized carbons (Fsp3) is 0.261. The van der Waals surface area contributed by atoms with E-state index in [2.05, 4.69) is 77.7 Å². The van der Waals surface area contributed by atoms with Crippen molar-refractivity contribution in [3.63, 3.8) is 0 Å². The lowest BCUT2D eigenvalue weighted by atomic mass is 10.1. The van der Waals surface area contributed by atoms with Gasteiger partial charge in [0.05, 0.1) is 25.8 Å². The SMILES string of the molecule is CCN(CC)c1cc(/C=C2\Oc3ccccc3N2C)c2ccccc2[n+]1C. The summed E-state index contributed by atoms with van der Waals surface area (Å²) < 4.78 is 8.40. The van der Waals surface area contributed by atoms with Crippen LogP contribution in [0.1, 0.15) is 19.4 Å². The van der Waals surface area contributed by atoms with Gasteiger partial charge < -0.3 is 9.64 Å². The molecular weight excluding hydrogens is 334 g/mol. The molecule has 138 valence electrons. The Morgan fingerprint density at radius 3 is 2.48 bits per heavy atom. The molecule has 0 radical (unpaired) electrons. The molecule has 0 amide bonds. The maximum Gasteiger partial charge on any atom is 0.277 e. The largest absolute Gasteiger partial charge is 0.439 e. The molecule has 4 rings (SSSR count). The standard InChI is InChI=1S/C23H26N3O/c1-5-26(6-2)22-15-17(18-11-7-8-12-19(18)24(22)3)16-23-25(4)20-13-9-10-14-21(20)27-23/h7-16H,5-6H2,1-4H3/q+1. The van der Waals surface area contributed by atoms with Crippen LogP contribution in [0.3, 0.4) is 0 Å². The molecule has 2 heterocycles. The van der Waals surface area contributed by atoms with E-state index in [1.165, 1.54) is 22.3 Å². The molecule has 0 unspecified atom stereocenters. The molecule has 0 fully saturated rings. The Bertz CT molecular complexity index is 1020. The van der Waals surface area contributed by atoms with E-state index in [-0.39, 0.29) is 0 Å². The lowest BCUT2D eigenvalue weighted by Gasteiger charge is -2.18. The Morgan fingerprint density at radius 1 is 1.04 bits per heavy atom. The molecule has 0 saturated heterocycles. The highest BCUT2D eigenvalue weighted by Crippen LogP contribution is 2.38. The van der Waals surface area contributed by atoms with Gasteiger partial charge in [0.2, 0.25) is 5.88 Å². The van der Waals surface area contributed by atoms with Crippen LogP contribution in [0.4, 0.5) is 11.5 Å². The smallest absolute Gasteiger partial charge is 0.277 e. The van der Waals surface area contributed by atoms with Crippen molar-refractivity contribution in [3.05, 3.63) is 66.0 Å². The number of pyridine rings is 1. The number of hydrogen-bond donors (Lipinski definition) is 0. The number of hydrogen-bond acceptors (Lipinski definition) is 3. The Labute approximate surface area is 160 Å². The van der Waals surface area contributed by atoms with Crippen molar-refractivity contribution in [2.24, 2.45) is 7.05 Å². The van der Waals surface area contributed by atoms with Gasteiger partial charge in [0.1, 0.15) is 5.52 Å². The molecule has 0 saturated carbocycles. The molecule has 27 heavy (non-hydrogen) atoms. The summed E-state index contributed by atoms with van der Waals surface area (Å²) in [4.78, 5) is 4.48. The zero-order valence-electron chi connectivity index (χ0n) is 16.4. The van der Waals surface area contributed by atoms with Crippen molar-refractivity contribution in [2.45, 2.75) is 13.8 Å². The van der Waals surface area contributed by atoms with Crippen LogP contribution in [-0.2, 0) is 7.05 Å². The van der Waals surface area contributed by atoms with Gasteiger partial charge >= 0.3 is 0 Å². The number of benzene rings is 2. The number of aryl methyl sites for hydroxylation is 1. The first-order chi connectivity index (χ1) is 13.1. The van der Waals surface area contributed by atoms with E-state index in [9.17, 15) is 0 Å². The highest BCUT2D eigenvalue weighted by Gasteiger charge is 2.24. The van der Waals surface area contributed by atoms with Gasteiger partial charge in [-0.2, -0.15) is 0 Å². The maximum atomic E-state index is 6.12. The monoisotopic (exact) mass is 360 g/mol. The summed E-state index contributed by atoms with van der Waals surface area (Å²) in [7, 11) is 4.19. The van der Waals surface area contributed by atoms with Crippen LogP contribution in [0.15, 0.2) is 60.5 Å². The third-order valence-electron chi connectivity index (χ3n) is 5.34. The molecule has 1 aliphatic heterocycles. The van der Waals surface area contributed by atoms with Gasteiger partial charge in [-0.05, 0) is 37.6 Å². The first-order valence-electron chi connectivity index (χ1n) is 9.53. The quantitative estimate of drug-likeness (QED) is 0.646. The molecule has 0 bridgehead atoms. The summed E-state index contributed by atoms with van der Waals surface area (Å²) in [6.45, 7) is 6.34. The fourth-order valence-corrected chi connectivity index (χ4v) is 3.80. The number of para-hydroxylation sites is 3. The molecular formula is C23H26N3O+. The van der Waals surface area contributed by atoms with Gasteiger partial charge in [0.25, 0.3) is 5.82 Å². The molecule has 2 aromatic carbocycles. The van der Waals surface area contributed by atoms with Crippen molar-refractivity contribution in [3.8, 4) is 5.75 Å². The number of nitrogens with zero attached hydrogens (tertiary/aromatic N) is 3. The number of ether oxygens (including phenoxy) is 1. The normalized spacial score (nSPS) is 14.5. The van der Waals surface area contributed by atoms with Gasteiger partial charge in [-0.25, -0.2) is 4.57 Å². The Morgan fingerprint density at radius 2 is 1.74 bits per heavy atom. The maximum absolute atomic E-state index is 6.12. The van der Waals surface area contributed by atoms with Crippen molar-refractivity contribution < 1.29 is 9.30 Å². The Balaban J connectivity index is 1.88. The lowest BCUT2D eigenvalue weighted by Crippen LogP contribution is -2.40. The minimum absolute atomic E-state index is 0.848. The highest BCUT2D eigenvalue weighted by molar-refractivity contribution is 5.88. The van der Waals surface area contributed by atoms with Crippen LogP contribution in [0, 0.1) is 0 Å². The van der Waals surface area contributed by atoms with E-state index in [1.54, 1.807) is 0 Å². The zero-order valence-corrected chi connectivity index (χ0v) is 16.4. The third kappa shape index (κ3) is 2.91. The Kier molecular flexibility index (Phi) is 4.48. The van der Waals surface area contributed by atoms with Crippen LogP contribution in [0.25, 0.3) is 17.0 Å². The van der Waals surface area contributed by atoms with E-state index in [0.29, 0.717) is 0 Å². The second kappa shape index (κ2) is 6.95. The van der Waals surface area contributed by atoms with E-state index in [4.69, 9.17) is 4.74 Å². The molecule has 4 heteroatoms. The summed E-state index contributed by atoms with van der Waals surface area (Å²) in [6, 6.07) is 19.0. The summed E-state index contributed by atoms with van der Waals surface area (Å²) in [5.41, 5.74) is 3.48. The predicted molar refractivity (Wildman–Crippen MR) is 112 cm³/mol. The molecule has 0 spiro atoms. The predicted octanol–water partition coefficient (Wildman–Crippen LogP) is 4.34. The molecule has 1 aromatic heterocycles. The van der Waals surface area contributed by atoms with Crippen molar-refractivity contribution in [2.75, 3.05) is 29.9 Å². The van der Waals surface area contributed by atoms with Crippen LogP contribution >= 0.6 is 0 Å². The number of aromatic nitrogens is 1. The zero-order chi connectivity index (χ0) is 19.0. The molecule has 0 N–H and O–H groups in total. The summed E-state index contributed by atoms with van der Waals surface area (Å²) in [5, 5.41) is 1.22. The van der Waals surface area contributed by atoms with Crippen molar-refractivity contribution >= 4 is 28.5 Å². The van der Waals surface area contributed by atoms with E-state index in [0.717, 1.165) is 30.4 Å². The molecule has 0 aliphatic carbocycles. The van der Waals surface area contributed by atoms with Crippen molar-refractivity contribution in [1.29, 1.82) is 0 Å². The minimum atomic E-state index is 0.848. The van der Waals surface area contributed by atoms with Gasteiger partial charge in [0, 0.05) is 24.6 Å². The van der Waals surface area contributed by atoms with Crippen LogP contribution < -0.4 is 19.1 Å². The van der Waals surface area contributed by atoms with Gasteiger partial charge in [-0.1, -0.05) is 30.3 Å².